The normalized spacial score (nSPS) is 15.1. The number of aromatic amines is 1. The molecule has 0 spiro atoms. The number of carbonyl (C=O) groups is 2. The highest BCUT2D eigenvalue weighted by Crippen LogP contribution is 2.35. The highest BCUT2D eigenvalue weighted by molar-refractivity contribution is 6.12. The van der Waals surface area contributed by atoms with E-state index in [-0.39, 0.29) is 17.5 Å². The van der Waals surface area contributed by atoms with Crippen molar-refractivity contribution in [1.82, 2.24) is 20.5 Å². The van der Waals surface area contributed by atoms with Crippen molar-refractivity contribution < 1.29 is 14.3 Å². The van der Waals surface area contributed by atoms with Gasteiger partial charge in [-0.25, -0.2) is 4.98 Å². The lowest BCUT2D eigenvalue weighted by Gasteiger charge is -2.34. The highest BCUT2D eigenvalue weighted by Gasteiger charge is 2.27. The van der Waals surface area contributed by atoms with Gasteiger partial charge in [0.15, 0.2) is 0 Å². The van der Waals surface area contributed by atoms with Gasteiger partial charge in [-0.2, -0.15) is 5.10 Å². The monoisotopic (exact) mass is 494 g/mol. The Labute approximate surface area is 214 Å². The minimum atomic E-state index is -0.602. The van der Waals surface area contributed by atoms with Crippen molar-refractivity contribution in [3.8, 4) is 34.6 Å². The Hall–Kier alpha value is -4.84. The number of hydrogen-bond donors (Lipinski definition) is 3. The first-order valence-electron chi connectivity index (χ1n) is 12.0. The van der Waals surface area contributed by atoms with Crippen LogP contribution >= 0.6 is 0 Å². The molecule has 0 unspecified atom stereocenters. The topological polar surface area (TPSA) is 126 Å². The van der Waals surface area contributed by atoms with Gasteiger partial charge in [0.2, 0.25) is 0 Å². The van der Waals surface area contributed by atoms with Crippen molar-refractivity contribution in [2.24, 2.45) is 5.73 Å². The molecule has 9 nitrogen and oxygen atoms in total. The Morgan fingerprint density at radius 3 is 2.62 bits per heavy atom. The fourth-order valence-electron chi connectivity index (χ4n) is 4.60. The van der Waals surface area contributed by atoms with Gasteiger partial charge in [-0.3, -0.25) is 14.7 Å². The van der Waals surface area contributed by atoms with Gasteiger partial charge >= 0.3 is 0 Å². The summed E-state index contributed by atoms with van der Waals surface area (Å²) in [5.41, 5.74) is 7.78. The number of piperidine rings is 1. The number of benzene rings is 2. The number of para-hydroxylation sites is 1. The van der Waals surface area contributed by atoms with Crippen LogP contribution in [0.1, 0.15) is 30.1 Å². The molecule has 1 atom stereocenters. The summed E-state index contributed by atoms with van der Waals surface area (Å²) < 4.78 is 5.90. The molecule has 2 aromatic heterocycles. The Morgan fingerprint density at radius 2 is 1.89 bits per heavy atom. The molecular weight excluding hydrogens is 468 g/mol. The van der Waals surface area contributed by atoms with Gasteiger partial charge in [0, 0.05) is 24.7 Å². The van der Waals surface area contributed by atoms with Crippen molar-refractivity contribution in [3.05, 3.63) is 66.4 Å². The Balaban J connectivity index is 1.51. The predicted molar refractivity (Wildman–Crippen MR) is 141 cm³/mol. The number of H-pyrrole nitrogens is 1. The quantitative estimate of drug-likeness (QED) is 0.352. The number of primary amides is 1. The number of aromatic nitrogens is 3. The number of amides is 2. The molecule has 186 valence electrons. The van der Waals surface area contributed by atoms with Crippen molar-refractivity contribution in [1.29, 1.82) is 0 Å². The zero-order valence-corrected chi connectivity index (χ0v) is 20.3. The Kier molecular flexibility index (Phi) is 6.72. The molecule has 0 aliphatic carbocycles. The molecule has 5 rings (SSSR count). The maximum absolute atomic E-state index is 12.6. The lowest BCUT2D eigenvalue weighted by Crippen LogP contribution is -2.47. The molecule has 1 fully saturated rings. The van der Waals surface area contributed by atoms with Crippen LogP contribution in [0.2, 0.25) is 0 Å². The minimum absolute atomic E-state index is 0.0699. The molecule has 2 aromatic carbocycles. The molecular formula is C28H26N6O3. The number of ether oxygens (including phenoxy) is 1. The summed E-state index contributed by atoms with van der Waals surface area (Å²) in [7, 11) is 0. The number of anilines is 1. The molecule has 37 heavy (non-hydrogen) atoms. The first kappa shape index (κ1) is 23.9. The van der Waals surface area contributed by atoms with Gasteiger partial charge < -0.3 is 20.7 Å². The second-order valence-electron chi connectivity index (χ2n) is 8.76. The van der Waals surface area contributed by atoms with E-state index in [0.29, 0.717) is 40.3 Å². The van der Waals surface area contributed by atoms with Gasteiger partial charge in [0.25, 0.3) is 11.8 Å². The van der Waals surface area contributed by atoms with Crippen LogP contribution < -0.4 is 20.7 Å². The van der Waals surface area contributed by atoms with Gasteiger partial charge in [0.05, 0.1) is 28.4 Å². The maximum atomic E-state index is 12.6. The Bertz CT molecular complexity index is 1500. The van der Waals surface area contributed by atoms with Crippen LogP contribution in [0, 0.1) is 11.8 Å². The van der Waals surface area contributed by atoms with E-state index < -0.39 is 5.91 Å². The molecule has 0 saturated carbocycles. The summed E-state index contributed by atoms with van der Waals surface area (Å²) in [6, 6.07) is 16.8. The second kappa shape index (κ2) is 10.4. The van der Waals surface area contributed by atoms with E-state index in [9.17, 15) is 9.59 Å². The highest BCUT2D eigenvalue weighted by atomic mass is 16.5. The van der Waals surface area contributed by atoms with Crippen LogP contribution in [-0.4, -0.2) is 46.1 Å². The van der Waals surface area contributed by atoms with Crippen LogP contribution in [0.25, 0.3) is 22.2 Å². The van der Waals surface area contributed by atoms with Gasteiger partial charge in [-0.15, -0.1) is 0 Å². The van der Waals surface area contributed by atoms with E-state index in [2.05, 4.69) is 32.3 Å². The van der Waals surface area contributed by atoms with Crippen LogP contribution in [0.5, 0.6) is 11.5 Å². The lowest BCUT2D eigenvalue weighted by atomic mass is 10.0. The molecule has 1 saturated heterocycles. The average Bonchev–Trinajstić information content (AvgIpc) is 3.39. The molecule has 9 heteroatoms. The summed E-state index contributed by atoms with van der Waals surface area (Å²) in [6.45, 7) is 2.94. The lowest BCUT2D eigenvalue weighted by molar-refractivity contribution is -0.116. The van der Waals surface area contributed by atoms with Gasteiger partial charge in [-0.05, 0) is 62.1 Å². The minimum Gasteiger partial charge on any atom is -0.457 e. The first-order chi connectivity index (χ1) is 18.0. The van der Waals surface area contributed by atoms with Gasteiger partial charge in [0.1, 0.15) is 17.3 Å². The largest absolute Gasteiger partial charge is 0.457 e. The molecule has 2 amide bonds. The molecule has 0 bridgehead atoms. The van der Waals surface area contributed by atoms with E-state index in [0.717, 1.165) is 25.1 Å². The van der Waals surface area contributed by atoms with Crippen LogP contribution in [0.15, 0.2) is 60.8 Å². The van der Waals surface area contributed by atoms with Crippen molar-refractivity contribution in [2.75, 3.05) is 18.0 Å². The average molecular weight is 495 g/mol. The van der Waals surface area contributed by atoms with Crippen LogP contribution in [-0.2, 0) is 4.79 Å². The summed E-state index contributed by atoms with van der Waals surface area (Å²) in [5.74, 6) is 6.32. The number of pyridine rings is 1. The first-order valence-corrected chi connectivity index (χ1v) is 12.0. The van der Waals surface area contributed by atoms with Crippen molar-refractivity contribution >= 4 is 28.5 Å². The third-order valence-corrected chi connectivity index (χ3v) is 6.23. The zero-order valence-electron chi connectivity index (χ0n) is 20.3. The SMILES string of the molecule is CC#CC(=O)N[C@@H]1CCCN(c2nc(-c3ccc(Oc4ccccc4)cc3)c(C(N)=O)c3[nH]ncc23)C1. The summed E-state index contributed by atoms with van der Waals surface area (Å²) in [4.78, 5) is 31.6. The van der Waals surface area contributed by atoms with Crippen molar-refractivity contribution in [3.63, 3.8) is 0 Å². The standard InChI is InChI=1S/C28H26N6O3/c1-2-7-23(35)31-19-8-6-15-34(17-19)28-22-16-30-33-26(22)24(27(29)36)25(32-28)18-11-13-21(14-12-18)37-20-9-4-3-5-10-20/h3-5,9-14,16,19H,6,8,15,17H2,1H3,(H2,29,36)(H,30,33)(H,31,35)/t19-/m1/s1. The number of nitrogens with two attached hydrogens (primary N) is 1. The fourth-order valence-corrected chi connectivity index (χ4v) is 4.60. The van der Waals surface area contributed by atoms with Gasteiger partial charge in [-0.1, -0.05) is 24.1 Å². The second-order valence-corrected chi connectivity index (χ2v) is 8.76. The van der Waals surface area contributed by atoms with E-state index >= 15 is 0 Å². The molecule has 1 aliphatic heterocycles. The third-order valence-electron chi connectivity index (χ3n) is 6.23. The smallest absolute Gasteiger partial charge is 0.296 e. The van der Waals surface area contributed by atoms with Crippen LogP contribution in [0.4, 0.5) is 5.82 Å². The summed E-state index contributed by atoms with van der Waals surface area (Å²) in [6.07, 6.45) is 3.36. The number of fused-ring (bicyclic) bond motifs is 1. The zero-order chi connectivity index (χ0) is 25.8. The fraction of sp³-hybridized carbons (Fsp3) is 0.214. The summed E-state index contributed by atoms with van der Waals surface area (Å²) >= 11 is 0. The predicted octanol–water partition coefficient (Wildman–Crippen LogP) is 3.62. The molecule has 4 N–H and O–H groups in total. The molecule has 3 heterocycles. The molecule has 1 aliphatic rings. The molecule has 4 aromatic rings. The van der Waals surface area contributed by atoms with E-state index in [1.165, 1.54) is 0 Å². The number of hydrogen-bond acceptors (Lipinski definition) is 6. The maximum Gasteiger partial charge on any atom is 0.296 e. The molecule has 0 radical (unpaired) electrons. The van der Waals surface area contributed by atoms with E-state index in [1.807, 2.05) is 54.6 Å². The number of carbonyl (C=O) groups excluding carboxylic acids is 2. The number of nitrogens with one attached hydrogen (secondary N) is 2. The summed E-state index contributed by atoms with van der Waals surface area (Å²) in [5, 5.41) is 10.8. The van der Waals surface area contributed by atoms with E-state index in [1.54, 1.807) is 13.1 Å². The van der Waals surface area contributed by atoms with Crippen molar-refractivity contribution in [2.45, 2.75) is 25.8 Å². The van der Waals surface area contributed by atoms with E-state index in [4.69, 9.17) is 15.5 Å². The van der Waals surface area contributed by atoms with Crippen LogP contribution in [0.3, 0.4) is 0 Å². The third kappa shape index (κ3) is 5.09. The Morgan fingerprint density at radius 1 is 1.14 bits per heavy atom. The number of rotatable bonds is 6. The number of nitrogens with zero attached hydrogens (tertiary/aromatic N) is 3.